The summed E-state index contributed by atoms with van der Waals surface area (Å²) in [6.07, 6.45) is 0. The summed E-state index contributed by atoms with van der Waals surface area (Å²) in [4.78, 5) is 0. The fourth-order valence-electron chi connectivity index (χ4n) is 5.59. The molecule has 4 nitrogen and oxygen atoms in total. The van der Waals surface area contributed by atoms with E-state index in [-0.39, 0.29) is 61.4 Å². The number of hydrogen-bond acceptors (Lipinski definition) is 4. The molecule has 0 aliphatic rings. The van der Waals surface area contributed by atoms with Gasteiger partial charge in [-0.1, -0.05) is 114 Å². The van der Waals surface area contributed by atoms with Gasteiger partial charge >= 0.3 is 0 Å². The van der Waals surface area contributed by atoms with Gasteiger partial charge in [0.05, 0.1) is 26.4 Å². The van der Waals surface area contributed by atoms with Crippen molar-refractivity contribution >= 4 is 0 Å². The number of phenolic OH excluding ortho intramolecular Hbond substituents is 2. The van der Waals surface area contributed by atoms with Crippen LogP contribution in [0.15, 0.2) is 146 Å². The summed E-state index contributed by atoms with van der Waals surface area (Å²) < 4.78 is 11.9. The first kappa shape index (κ1) is 44.8. The Kier molecular flexibility index (Phi) is 17.5. The molecule has 286 valence electrons. The normalized spacial score (nSPS) is 10.9. The van der Waals surface area contributed by atoms with Gasteiger partial charge in [-0.05, 0) is 57.3 Å². The smallest absolute Gasteiger partial charge is 0.128 e. The van der Waals surface area contributed by atoms with E-state index in [0.29, 0.717) is 13.2 Å². The van der Waals surface area contributed by atoms with E-state index >= 15 is 0 Å². The molecule has 6 aromatic carbocycles. The third kappa shape index (κ3) is 14.2. The van der Waals surface area contributed by atoms with Crippen LogP contribution in [0.3, 0.4) is 0 Å². The van der Waals surface area contributed by atoms with Crippen molar-refractivity contribution in [3.63, 3.8) is 0 Å². The maximum atomic E-state index is 11.1. The molecule has 2 N–H and O–H groups in total. The molecule has 0 saturated carbocycles. The summed E-state index contributed by atoms with van der Waals surface area (Å²) in [7, 11) is 0. The zero-order valence-electron chi connectivity index (χ0n) is 33.3. The average molecular weight is 899 g/mol. The van der Waals surface area contributed by atoms with Gasteiger partial charge in [0.1, 0.15) is 11.5 Å². The Morgan fingerprint density at radius 2 is 0.745 bits per heavy atom. The molecular weight excluding hydrogens is 843 g/mol. The molecule has 0 spiro atoms. The fraction of sp³-hybridized carbons (Fsp3) is 0.240. The van der Waals surface area contributed by atoms with E-state index in [0.717, 1.165) is 55.6 Å². The summed E-state index contributed by atoms with van der Waals surface area (Å²) in [5.41, 5.74) is 9.37. The predicted octanol–water partition coefficient (Wildman–Crippen LogP) is 12.5. The quantitative estimate of drug-likeness (QED) is 0.0862. The number of aromatic hydroxyl groups is 2. The third-order valence-electron chi connectivity index (χ3n) is 8.85. The summed E-state index contributed by atoms with van der Waals surface area (Å²) >= 11 is 0. The molecule has 0 fully saturated rings. The molecule has 6 rings (SSSR count). The minimum absolute atomic E-state index is 0. The topological polar surface area (TPSA) is 58.9 Å². The van der Waals surface area contributed by atoms with Crippen LogP contribution in [0.5, 0.6) is 11.5 Å². The van der Waals surface area contributed by atoms with Crippen LogP contribution in [-0.2, 0) is 59.4 Å². The SMILES string of the molecule is CC(C)(C)c1cc(COCCOCc2cc(C(C)(C)C)cc(-c3ccccc3)c2O)c(O)c(-c2ccccc2)c1.[CH2-]c1ccccc1.[CH2-]c1ccccc1.[Hf]. The second-order valence-corrected chi connectivity index (χ2v) is 15.4. The maximum Gasteiger partial charge on any atom is 0.128 e. The van der Waals surface area contributed by atoms with E-state index in [4.69, 9.17) is 9.47 Å². The first-order valence-electron chi connectivity index (χ1n) is 18.5. The average Bonchev–Trinajstić information content (AvgIpc) is 3.15. The number of rotatable bonds is 9. The van der Waals surface area contributed by atoms with Crippen molar-refractivity contribution in [3.05, 3.63) is 193 Å². The predicted molar refractivity (Wildman–Crippen MR) is 226 cm³/mol. The van der Waals surface area contributed by atoms with Crippen molar-refractivity contribution in [1.29, 1.82) is 0 Å². The summed E-state index contributed by atoms with van der Waals surface area (Å²) in [5, 5.41) is 22.2. The Morgan fingerprint density at radius 1 is 0.455 bits per heavy atom. The Bertz CT molecular complexity index is 1850. The van der Waals surface area contributed by atoms with E-state index in [1.807, 2.05) is 133 Å². The molecule has 0 amide bonds. The third-order valence-corrected chi connectivity index (χ3v) is 8.85. The monoisotopic (exact) mass is 900 g/mol. The molecule has 0 saturated heterocycles. The first-order valence-corrected chi connectivity index (χ1v) is 18.5. The van der Waals surface area contributed by atoms with Crippen LogP contribution in [0.4, 0.5) is 0 Å². The molecule has 5 heteroatoms. The van der Waals surface area contributed by atoms with Crippen LogP contribution in [0.1, 0.15) is 74.9 Å². The molecule has 6 aromatic rings. The maximum absolute atomic E-state index is 11.1. The summed E-state index contributed by atoms with van der Waals surface area (Å²) in [6.45, 7) is 21.7. The molecule has 0 aliphatic carbocycles. The Balaban J connectivity index is 0.000000450. The molecule has 0 atom stereocenters. The minimum Gasteiger partial charge on any atom is -0.507 e. The summed E-state index contributed by atoms with van der Waals surface area (Å²) in [5.74, 6) is 0.495. The largest absolute Gasteiger partial charge is 0.507 e. The van der Waals surface area contributed by atoms with Gasteiger partial charge in [0.25, 0.3) is 0 Å². The molecular formula is C50H56HfO4-2. The number of benzene rings is 6. The van der Waals surface area contributed by atoms with Crippen LogP contribution in [0.2, 0.25) is 0 Å². The van der Waals surface area contributed by atoms with Crippen LogP contribution in [0.25, 0.3) is 22.3 Å². The molecule has 55 heavy (non-hydrogen) atoms. The molecule has 0 radical (unpaired) electrons. The zero-order valence-corrected chi connectivity index (χ0v) is 36.9. The Morgan fingerprint density at radius 3 is 1.00 bits per heavy atom. The second kappa shape index (κ2) is 21.5. The van der Waals surface area contributed by atoms with Gasteiger partial charge in [-0.3, -0.25) is 0 Å². The van der Waals surface area contributed by atoms with E-state index in [9.17, 15) is 10.2 Å². The van der Waals surface area contributed by atoms with Gasteiger partial charge in [0.2, 0.25) is 0 Å². The van der Waals surface area contributed by atoms with Crippen molar-refractivity contribution in [2.45, 2.75) is 65.6 Å². The Labute approximate surface area is 349 Å². The number of ether oxygens (including phenoxy) is 2. The van der Waals surface area contributed by atoms with Crippen molar-refractivity contribution in [2.75, 3.05) is 13.2 Å². The number of phenols is 2. The molecule has 0 unspecified atom stereocenters. The van der Waals surface area contributed by atoms with Gasteiger partial charge in [0, 0.05) is 48.1 Å². The molecule has 0 aliphatic heterocycles. The van der Waals surface area contributed by atoms with E-state index in [1.54, 1.807) is 0 Å². The zero-order chi connectivity index (χ0) is 39.1. The van der Waals surface area contributed by atoms with E-state index in [2.05, 4.69) is 67.5 Å². The fourth-order valence-corrected chi connectivity index (χ4v) is 5.59. The summed E-state index contributed by atoms with van der Waals surface area (Å²) in [6, 6.07) is 47.8. The van der Waals surface area contributed by atoms with Crippen LogP contribution < -0.4 is 0 Å². The second-order valence-electron chi connectivity index (χ2n) is 15.4. The van der Waals surface area contributed by atoms with Gasteiger partial charge in [0.15, 0.2) is 0 Å². The molecule has 0 aromatic heterocycles. The van der Waals surface area contributed by atoms with Crippen molar-refractivity contribution in [1.82, 2.24) is 0 Å². The molecule has 0 bridgehead atoms. The molecule has 0 heterocycles. The number of hydrogen-bond donors (Lipinski definition) is 2. The Hall–Kier alpha value is -4.55. The van der Waals surface area contributed by atoms with Gasteiger partial charge in [-0.2, -0.15) is 49.2 Å². The van der Waals surface area contributed by atoms with Crippen LogP contribution in [0, 0.1) is 13.8 Å². The van der Waals surface area contributed by atoms with Crippen molar-refractivity contribution in [3.8, 4) is 33.8 Å². The van der Waals surface area contributed by atoms with Crippen molar-refractivity contribution in [2.24, 2.45) is 0 Å². The van der Waals surface area contributed by atoms with Crippen LogP contribution in [-0.4, -0.2) is 23.4 Å². The van der Waals surface area contributed by atoms with Gasteiger partial charge in [-0.25, -0.2) is 0 Å². The standard InChI is InChI=1S/C36H42O4.2C7H7.Hf/c1-35(2,3)29-19-27(33(37)31(21-29)25-13-9-7-10-14-25)23-39-17-18-40-24-28-20-30(36(4,5)6)22-32(34(28)38)26-15-11-8-12-16-26;2*1-7-5-3-2-4-6-7;/h7-16,19-22,37-38H,17-18,23-24H2,1-6H3;2*2-6H,1H2;/q;2*-1;. The minimum atomic E-state index is -0.0721. The van der Waals surface area contributed by atoms with Gasteiger partial charge < -0.3 is 19.7 Å². The van der Waals surface area contributed by atoms with Crippen molar-refractivity contribution < 1.29 is 45.5 Å². The van der Waals surface area contributed by atoms with Crippen LogP contribution >= 0.6 is 0 Å². The van der Waals surface area contributed by atoms with Gasteiger partial charge in [-0.15, -0.1) is 24.3 Å². The van der Waals surface area contributed by atoms with E-state index < -0.39 is 0 Å². The van der Waals surface area contributed by atoms with E-state index in [1.165, 1.54) is 0 Å². The first-order chi connectivity index (χ1) is 25.7.